The van der Waals surface area contributed by atoms with Gasteiger partial charge in [0.15, 0.2) is 18.3 Å². The molecule has 1 aliphatic rings. The molecule has 0 aliphatic carbocycles. The molecule has 0 saturated heterocycles. The zero-order chi connectivity index (χ0) is 16.7. The minimum absolute atomic E-state index is 0.174. The summed E-state index contributed by atoms with van der Waals surface area (Å²) in [7, 11) is 0. The van der Waals surface area contributed by atoms with Crippen LogP contribution in [-0.4, -0.2) is 48.7 Å². The lowest BCUT2D eigenvalue weighted by atomic mass is 10.0. The van der Waals surface area contributed by atoms with E-state index in [9.17, 15) is 9.59 Å². The van der Waals surface area contributed by atoms with Crippen molar-refractivity contribution in [3.05, 3.63) is 10.4 Å². The van der Waals surface area contributed by atoms with Crippen LogP contribution in [-0.2, 0) is 28.8 Å². The normalized spacial score (nSPS) is 30.5. The van der Waals surface area contributed by atoms with E-state index in [1.807, 2.05) is 0 Å². The van der Waals surface area contributed by atoms with E-state index in [2.05, 4.69) is 15.0 Å². The highest BCUT2D eigenvalue weighted by atomic mass is 17.2. The van der Waals surface area contributed by atoms with E-state index in [0.717, 1.165) is 0 Å². The first-order valence-electron chi connectivity index (χ1n) is 6.58. The number of azide groups is 1. The fraction of sp³-hybridized carbons (Fsp3) is 0.750. The second-order valence-corrected chi connectivity index (χ2v) is 4.67. The van der Waals surface area contributed by atoms with Crippen molar-refractivity contribution in [2.24, 2.45) is 10.1 Å². The predicted molar refractivity (Wildman–Crippen MR) is 73.7 cm³/mol. The first-order chi connectivity index (χ1) is 10.3. The van der Waals surface area contributed by atoms with E-state index >= 15 is 0 Å². The molecule has 0 N–H and O–H groups in total. The number of carbonyl (C=O) groups excluding carboxylic acids is 2. The van der Waals surface area contributed by atoms with Gasteiger partial charge in [0, 0.05) is 25.7 Å². The Labute approximate surface area is 126 Å². The number of nitrogens with zero attached hydrogens (tertiary/aromatic N) is 4. The lowest BCUT2D eigenvalue weighted by molar-refractivity contribution is -0.290. The molecule has 22 heavy (non-hydrogen) atoms. The molecule has 10 heteroatoms. The smallest absolute Gasteiger partial charge is 0.303 e. The third-order valence-corrected chi connectivity index (χ3v) is 2.77. The molecule has 0 radical (unpaired) electrons. The second-order valence-electron chi connectivity index (χ2n) is 4.67. The van der Waals surface area contributed by atoms with Gasteiger partial charge in [0.2, 0.25) is 5.90 Å². The van der Waals surface area contributed by atoms with E-state index in [1.54, 1.807) is 13.8 Å². The molecular weight excluding hydrogens is 296 g/mol. The van der Waals surface area contributed by atoms with Crippen LogP contribution >= 0.6 is 0 Å². The van der Waals surface area contributed by atoms with E-state index in [0.29, 0.717) is 0 Å². The number of hydrogen-bond donors (Lipinski definition) is 0. The molecular formula is C12H18N4O6. The van der Waals surface area contributed by atoms with Gasteiger partial charge in [-0.2, -0.15) is 4.89 Å². The van der Waals surface area contributed by atoms with Gasteiger partial charge in [-0.25, -0.2) is 4.99 Å². The third kappa shape index (κ3) is 5.23. The molecule has 4 atom stereocenters. The number of rotatable bonds is 4. The lowest BCUT2D eigenvalue weighted by Gasteiger charge is -2.34. The van der Waals surface area contributed by atoms with Gasteiger partial charge in [0.25, 0.3) is 0 Å². The van der Waals surface area contributed by atoms with Gasteiger partial charge in [0.05, 0.1) is 12.6 Å². The molecule has 1 heterocycles. The van der Waals surface area contributed by atoms with Crippen LogP contribution in [0.2, 0.25) is 0 Å². The summed E-state index contributed by atoms with van der Waals surface area (Å²) in [5.41, 5.74) is 8.45. The van der Waals surface area contributed by atoms with E-state index in [4.69, 9.17) is 24.8 Å². The summed E-state index contributed by atoms with van der Waals surface area (Å²) in [5, 5.41) is 3.39. The summed E-state index contributed by atoms with van der Waals surface area (Å²) in [6.45, 7) is 5.48. The number of ether oxygens (including phenoxy) is 2. The lowest BCUT2D eigenvalue weighted by Crippen LogP contribution is -2.51. The zero-order valence-electron chi connectivity index (χ0n) is 12.8. The second kappa shape index (κ2) is 8.20. The average Bonchev–Trinajstić information content (AvgIpc) is 2.41. The fourth-order valence-corrected chi connectivity index (χ4v) is 2.00. The Kier molecular flexibility index (Phi) is 6.61. The molecule has 0 aromatic heterocycles. The Morgan fingerprint density at radius 2 is 1.91 bits per heavy atom. The summed E-state index contributed by atoms with van der Waals surface area (Å²) in [4.78, 5) is 39.5. The quantitative estimate of drug-likeness (QED) is 0.252. The van der Waals surface area contributed by atoms with Gasteiger partial charge in [-0.15, -0.1) is 0 Å². The van der Waals surface area contributed by atoms with Crippen LogP contribution in [0.1, 0.15) is 27.7 Å². The molecule has 0 fully saturated rings. The Hall–Kier alpha value is -2.32. The summed E-state index contributed by atoms with van der Waals surface area (Å²) >= 11 is 0. The molecule has 0 saturated carbocycles. The highest BCUT2D eigenvalue weighted by Crippen LogP contribution is 2.21. The van der Waals surface area contributed by atoms with Crippen molar-refractivity contribution < 1.29 is 28.8 Å². The standard InChI is InChI=1S/C12H18N4O6/c1-6-11(19-8(3)17)12(20-9(4)18)10(5-14-16-13)22-21-7(2)15-6/h6,10-12H,5H2,1-4H3/b15-7-. The molecule has 122 valence electrons. The Bertz CT molecular complexity index is 502. The summed E-state index contributed by atoms with van der Waals surface area (Å²) in [6, 6.07) is -0.550. The SMILES string of the molecule is CC(=O)OC1C(C)/N=C(/C)OOC(CN=[N+]=[N-])C1OC(C)=O. The maximum absolute atomic E-state index is 11.3. The maximum atomic E-state index is 11.3. The van der Waals surface area contributed by atoms with E-state index in [-0.39, 0.29) is 12.4 Å². The molecule has 1 rings (SSSR count). The highest BCUT2D eigenvalue weighted by molar-refractivity contribution is 5.73. The number of esters is 2. The van der Waals surface area contributed by atoms with Crippen LogP contribution in [0.5, 0.6) is 0 Å². The molecule has 4 unspecified atom stereocenters. The van der Waals surface area contributed by atoms with Crippen molar-refractivity contribution >= 4 is 17.8 Å². The molecule has 1 aliphatic heterocycles. The van der Waals surface area contributed by atoms with Gasteiger partial charge in [0.1, 0.15) is 0 Å². The number of hydrogen-bond acceptors (Lipinski definition) is 8. The first kappa shape index (κ1) is 17.7. The first-order valence-corrected chi connectivity index (χ1v) is 6.58. The molecule has 0 bridgehead atoms. The molecule has 0 aromatic carbocycles. The van der Waals surface area contributed by atoms with Gasteiger partial charge in [-0.05, 0) is 12.5 Å². The van der Waals surface area contributed by atoms with Gasteiger partial charge in [-0.1, -0.05) is 5.11 Å². The molecule has 0 aromatic rings. The third-order valence-electron chi connectivity index (χ3n) is 2.77. The Morgan fingerprint density at radius 1 is 1.32 bits per heavy atom. The average molecular weight is 314 g/mol. The molecule has 0 amide bonds. The zero-order valence-corrected chi connectivity index (χ0v) is 12.8. The van der Waals surface area contributed by atoms with Crippen LogP contribution in [0.25, 0.3) is 10.4 Å². The van der Waals surface area contributed by atoms with Crippen LogP contribution in [0.3, 0.4) is 0 Å². The highest BCUT2D eigenvalue weighted by Gasteiger charge is 2.41. The van der Waals surface area contributed by atoms with Crippen molar-refractivity contribution in [3.63, 3.8) is 0 Å². The molecule has 10 nitrogen and oxygen atoms in total. The largest absolute Gasteiger partial charge is 0.456 e. The van der Waals surface area contributed by atoms with Crippen molar-refractivity contribution in [2.75, 3.05) is 6.54 Å². The monoisotopic (exact) mass is 314 g/mol. The Morgan fingerprint density at radius 3 is 2.45 bits per heavy atom. The van der Waals surface area contributed by atoms with Crippen molar-refractivity contribution in [2.45, 2.75) is 52.0 Å². The van der Waals surface area contributed by atoms with Crippen LogP contribution in [0.15, 0.2) is 10.1 Å². The van der Waals surface area contributed by atoms with Gasteiger partial charge >= 0.3 is 11.9 Å². The number of aliphatic imine (C=N–C) groups is 1. The fourth-order valence-electron chi connectivity index (χ4n) is 2.00. The minimum Gasteiger partial charge on any atom is -0.456 e. The van der Waals surface area contributed by atoms with Crippen LogP contribution in [0, 0.1) is 0 Å². The topological polar surface area (TPSA) is 132 Å². The van der Waals surface area contributed by atoms with Crippen molar-refractivity contribution in [1.82, 2.24) is 0 Å². The molecule has 0 spiro atoms. The van der Waals surface area contributed by atoms with E-state index < -0.39 is 36.3 Å². The summed E-state index contributed by atoms with van der Waals surface area (Å²) < 4.78 is 10.4. The van der Waals surface area contributed by atoms with E-state index in [1.165, 1.54) is 13.8 Å². The van der Waals surface area contributed by atoms with Crippen molar-refractivity contribution in [1.29, 1.82) is 0 Å². The summed E-state index contributed by atoms with van der Waals surface area (Å²) in [6.07, 6.45) is -2.88. The Balaban J connectivity index is 3.17. The predicted octanol–water partition coefficient (Wildman–Crippen LogP) is 1.30. The van der Waals surface area contributed by atoms with Gasteiger partial charge in [-0.3, -0.25) is 9.59 Å². The number of carbonyl (C=O) groups is 2. The maximum Gasteiger partial charge on any atom is 0.303 e. The van der Waals surface area contributed by atoms with Crippen LogP contribution in [0.4, 0.5) is 0 Å². The summed E-state index contributed by atoms with van der Waals surface area (Å²) in [5.74, 6) is -0.965. The van der Waals surface area contributed by atoms with Crippen LogP contribution < -0.4 is 0 Å². The van der Waals surface area contributed by atoms with Gasteiger partial charge < -0.3 is 14.4 Å². The minimum atomic E-state index is -1.03. The van der Waals surface area contributed by atoms with Crippen molar-refractivity contribution in [3.8, 4) is 0 Å².